The number of nitrogens with zero attached hydrogens (tertiary/aromatic N) is 2. The Labute approximate surface area is 84.5 Å². The molecule has 1 unspecified atom stereocenters. The van der Waals surface area contributed by atoms with E-state index in [1.807, 2.05) is 0 Å². The van der Waals surface area contributed by atoms with Gasteiger partial charge in [-0.15, -0.1) is 0 Å². The Kier molecular flexibility index (Phi) is 4.69. The molecule has 82 valence electrons. The number of morpholine rings is 1. The van der Waals surface area contributed by atoms with Crippen molar-refractivity contribution in [1.29, 1.82) is 0 Å². The van der Waals surface area contributed by atoms with Gasteiger partial charge in [0.15, 0.2) is 5.84 Å². The molecule has 5 nitrogen and oxygen atoms in total. The Morgan fingerprint density at radius 3 is 3.14 bits per heavy atom. The normalized spacial score (nSPS) is 25.2. The number of nitrogens with two attached hydrogens (primary N) is 1. The lowest BCUT2D eigenvalue weighted by molar-refractivity contribution is 0.00431. The first-order valence-corrected chi connectivity index (χ1v) is 5.09. The van der Waals surface area contributed by atoms with E-state index < -0.39 is 0 Å². The molecule has 1 fully saturated rings. The Morgan fingerprint density at radius 2 is 2.50 bits per heavy atom. The summed E-state index contributed by atoms with van der Waals surface area (Å²) < 4.78 is 5.38. The molecular weight excluding hydrogens is 182 g/mol. The molecule has 1 saturated heterocycles. The molecule has 5 heteroatoms. The predicted molar refractivity (Wildman–Crippen MR) is 54.5 cm³/mol. The quantitative estimate of drug-likeness (QED) is 0.296. The molecule has 0 aromatic rings. The number of hydrogen-bond acceptors (Lipinski definition) is 4. The predicted octanol–water partition coefficient (Wildman–Crippen LogP) is 0.234. The van der Waals surface area contributed by atoms with Gasteiger partial charge in [0.25, 0.3) is 0 Å². The number of ether oxygens (including phenoxy) is 1. The summed E-state index contributed by atoms with van der Waals surface area (Å²) in [5, 5.41) is 11.5. The molecule has 14 heavy (non-hydrogen) atoms. The lowest BCUT2D eigenvalue weighted by atomic mass is 10.2. The van der Waals surface area contributed by atoms with Crippen molar-refractivity contribution < 1.29 is 9.94 Å². The smallest absolute Gasteiger partial charge is 0.169 e. The van der Waals surface area contributed by atoms with Crippen molar-refractivity contribution in [3.05, 3.63) is 0 Å². The zero-order chi connectivity index (χ0) is 10.4. The second-order valence-corrected chi connectivity index (χ2v) is 3.54. The molecule has 1 atom stereocenters. The molecule has 1 heterocycles. The first-order valence-electron chi connectivity index (χ1n) is 5.09. The Bertz CT molecular complexity index is 196. The van der Waals surface area contributed by atoms with E-state index in [2.05, 4.69) is 17.0 Å². The van der Waals surface area contributed by atoms with E-state index in [1.165, 1.54) is 12.8 Å². The first-order chi connectivity index (χ1) is 6.77. The van der Waals surface area contributed by atoms with Crippen LogP contribution in [0.25, 0.3) is 0 Å². The van der Waals surface area contributed by atoms with Crippen LogP contribution < -0.4 is 5.73 Å². The third-order valence-electron chi connectivity index (χ3n) is 2.42. The zero-order valence-corrected chi connectivity index (χ0v) is 8.65. The maximum absolute atomic E-state index is 8.51. The SMILES string of the molecule is CCCCN1CCOC(C(N)=NO)C1. The standard InChI is InChI=1S/C9H19N3O2/c1-2-3-4-12-5-6-14-8(7-12)9(10)11-13/h8,13H,2-7H2,1H3,(H2,10,11). The molecule has 0 radical (unpaired) electrons. The van der Waals surface area contributed by atoms with Crippen LogP contribution in [0.15, 0.2) is 5.16 Å². The molecule has 0 aromatic heterocycles. The van der Waals surface area contributed by atoms with Gasteiger partial charge in [0.05, 0.1) is 6.61 Å². The van der Waals surface area contributed by atoms with Crippen molar-refractivity contribution in [2.45, 2.75) is 25.9 Å². The molecule has 0 spiro atoms. The minimum absolute atomic E-state index is 0.172. The number of hydrogen-bond donors (Lipinski definition) is 2. The molecule has 3 N–H and O–H groups in total. The summed E-state index contributed by atoms with van der Waals surface area (Å²) in [5.41, 5.74) is 5.49. The summed E-state index contributed by atoms with van der Waals surface area (Å²) >= 11 is 0. The monoisotopic (exact) mass is 201 g/mol. The van der Waals surface area contributed by atoms with Crippen molar-refractivity contribution in [2.75, 3.05) is 26.2 Å². The second-order valence-electron chi connectivity index (χ2n) is 3.54. The molecule has 1 aliphatic rings. The summed E-state index contributed by atoms with van der Waals surface area (Å²) in [6.07, 6.45) is 2.12. The average molecular weight is 201 g/mol. The van der Waals surface area contributed by atoms with Crippen LogP contribution in [0.4, 0.5) is 0 Å². The van der Waals surface area contributed by atoms with Gasteiger partial charge in [0, 0.05) is 13.1 Å². The fourth-order valence-electron chi connectivity index (χ4n) is 1.53. The van der Waals surface area contributed by atoms with Crippen LogP contribution in [0.1, 0.15) is 19.8 Å². The molecule has 0 aliphatic carbocycles. The van der Waals surface area contributed by atoms with Gasteiger partial charge >= 0.3 is 0 Å². The Morgan fingerprint density at radius 1 is 1.71 bits per heavy atom. The zero-order valence-electron chi connectivity index (χ0n) is 8.65. The summed E-state index contributed by atoms with van der Waals surface area (Å²) in [4.78, 5) is 2.29. The van der Waals surface area contributed by atoms with Crippen LogP contribution >= 0.6 is 0 Å². The molecular formula is C9H19N3O2. The fourth-order valence-corrected chi connectivity index (χ4v) is 1.53. The summed E-state index contributed by atoms with van der Waals surface area (Å²) in [6, 6.07) is 0. The molecule has 0 saturated carbocycles. The van der Waals surface area contributed by atoms with E-state index in [-0.39, 0.29) is 11.9 Å². The highest BCUT2D eigenvalue weighted by molar-refractivity contribution is 5.84. The van der Waals surface area contributed by atoms with Crippen molar-refractivity contribution in [2.24, 2.45) is 10.9 Å². The van der Waals surface area contributed by atoms with Gasteiger partial charge in [-0.2, -0.15) is 0 Å². The van der Waals surface area contributed by atoms with E-state index in [0.717, 1.165) is 19.6 Å². The lowest BCUT2D eigenvalue weighted by Gasteiger charge is -2.31. The topological polar surface area (TPSA) is 71.1 Å². The molecule has 1 aliphatic heterocycles. The summed E-state index contributed by atoms with van der Waals surface area (Å²) in [6.45, 7) is 5.56. The van der Waals surface area contributed by atoms with Gasteiger partial charge in [0.2, 0.25) is 0 Å². The van der Waals surface area contributed by atoms with Gasteiger partial charge < -0.3 is 15.7 Å². The highest BCUT2D eigenvalue weighted by atomic mass is 16.5. The van der Waals surface area contributed by atoms with Gasteiger partial charge in [0.1, 0.15) is 6.10 Å². The number of unbranched alkanes of at least 4 members (excludes halogenated alkanes) is 1. The number of amidine groups is 1. The Balaban J connectivity index is 2.35. The minimum Gasteiger partial charge on any atom is -0.409 e. The lowest BCUT2D eigenvalue weighted by Crippen LogP contribution is -2.48. The van der Waals surface area contributed by atoms with E-state index in [9.17, 15) is 0 Å². The van der Waals surface area contributed by atoms with Crippen LogP contribution in [-0.4, -0.2) is 48.3 Å². The maximum Gasteiger partial charge on any atom is 0.169 e. The van der Waals surface area contributed by atoms with Crippen molar-refractivity contribution >= 4 is 5.84 Å². The van der Waals surface area contributed by atoms with E-state index >= 15 is 0 Å². The number of oxime groups is 1. The second kappa shape index (κ2) is 5.82. The van der Waals surface area contributed by atoms with Crippen molar-refractivity contribution in [3.63, 3.8) is 0 Å². The van der Waals surface area contributed by atoms with Crippen LogP contribution in [0.5, 0.6) is 0 Å². The molecule has 1 rings (SSSR count). The highest BCUT2D eigenvalue weighted by Crippen LogP contribution is 2.06. The summed E-state index contributed by atoms with van der Waals surface area (Å²) in [5.74, 6) is 0.172. The van der Waals surface area contributed by atoms with Crippen molar-refractivity contribution in [3.8, 4) is 0 Å². The molecule has 0 aromatic carbocycles. The average Bonchev–Trinajstić information content (AvgIpc) is 2.25. The first kappa shape index (κ1) is 11.3. The highest BCUT2D eigenvalue weighted by Gasteiger charge is 2.23. The number of rotatable bonds is 4. The third-order valence-corrected chi connectivity index (χ3v) is 2.42. The van der Waals surface area contributed by atoms with Crippen LogP contribution in [0.3, 0.4) is 0 Å². The third kappa shape index (κ3) is 3.16. The van der Waals surface area contributed by atoms with E-state index in [1.54, 1.807) is 0 Å². The van der Waals surface area contributed by atoms with Gasteiger partial charge in [-0.05, 0) is 13.0 Å². The van der Waals surface area contributed by atoms with E-state index in [0.29, 0.717) is 6.61 Å². The molecule has 0 amide bonds. The van der Waals surface area contributed by atoms with Gasteiger partial charge in [-0.25, -0.2) is 0 Å². The van der Waals surface area contributed by atoms with Gasteiger partial charge in [-0.1, -0.05) is 18.5 Å². The maximum atomic E-state index is 8.51. The largest absolute Gasteiger partial charge is 0.409 e. The molecule has 0 bridgehead atoms. The Hall–Kier alpha value is -0.810. The summed E-state index contributed by atoms with van der Waals surface area (Å²) in [7, 11) is 0. The van der Waals surface area contributed by atoms with Crippen molar-refractivity contribution in [1.82, 2.24) is 4.90 Å². The van der Waals surface area contributed by atoms with Crippen LogP contribution in [-0.2, 0) is 4.74 Å². The fraction of sp³-hybridized carbons (Fsp3) is 0.889. The van der Waals surface area contributed by atoms with Gasteiger partial charge in [-0.3, -0.25) is 4.90 Å². The van der Waals surface area contributed by atoms with Crippen LogP contribution in [0, 0.1) is 0 Å². The van der Waals surface area contributed by atoms with E-state index in [4.69, 9.17) is 15.7 Å². The van der Waals surface area contributed by atoms with Crippen LogP contribution in [0.2, 0.25) is 0 Å². The minimum atomic E-state index is -0.245.